The van der Waals surface area contributed by atoms with Crippen molar-refractivity contribution in [3.8, 4) is 5.75 Å². The molecule has 28 heavy (non-hydrogen) atoms. The number of alkyl halides is 7. The molecule has 1 aromatic rings. The molecule has 1 fully saturated rings. The molecule has 0 radical (unpaired) electrons. The molecule has 1 heterocycles. The molecule has 0 saturated carbocycles. The van der Waals surface area contributed by atoms with Crippen LogP contribution in [-0.4, -0.2) is 58.1 Å². The van der Waals surface area contributed by atoms with Gasteiger partial charge in [-0.25, -0.2) is 4.79 Å². The van der Waals surface area contributed by atoms with Crippen LogP contribution in [0.1, 0.15) is 10.4 Å². The third kappa shape index (κ3) is 5.05. The van der Waals surface area contributed by atoms with Gasteiger partial charge in [-0.1, -0.05) is 22.6 Å². The van der Waals surface area contributed by atoms with E-state index in [1.165, 1.54) is 0 Å². The topological polar surface area (TPSA) is 94.8 Å². The number of esters is 2. The molecule has 0 aromatic heterocycles. The summed E-state index contributed by atoms with van der Waals surface area (Å²) in [4.78, 5) is 23.5. The van der Waals surface area contributed by atoms with Crippen molar-refractivity contribution in [3.05, 3.63) is 29.8 Å². The first-order valence-electron chi connectivity index (χ1n) is 7.48. The number of carbonyl (C=O) groups is 2. The SMILES string of the molecule is O=C(OCC(O)(C(F)(F)F)C(F)(F)F)c1ccc(OC(=O)C(I)C2CN2)cc1. The van der Waals surface area contributed by atoms with Gasteiger partial charge < -0.3 is 19.9 Å². The third-order valence-electron chi connectivity index (χ3n) is 3.68. The Morgan fingerprint density at radius 3 is 2.07 bits per heavy atom. The average molecular weight is 527 g/mol. The minimum Gasteiger partial charge on any atom is -0.458 e. The van der Waals surface area contributed by atoms with Gasteiger partial charge in [0.1, 0.15) is 16.3 Å². The van der Waals surface area contributed by atoms with Crippen molar-refractivity contribution in [1.82, 2.24) is 5.32 Å². The van der Waals surface area contributed by atoms with E-state index >= 15 is 0 Å². The van der Waals surface area contributed by atoms with Crippen molar-refractivity contribution < 1.29 is 50.5 Å². The van der Waals surface area contributed by atoms with Crippen LogP contribution in [0.4, 0.5) is 26.3 Å². The lowest BCUT2D eigenvalue weighted by Crippen LogP contribution is -2.60. The molecule has 156 valence electrons. The van der Waals surface area contributed by atoms with Gasteiger partial charge in [0.25, 0.3) is 5.60 Å². The van der Waals surface area contributed by atoms with Gasteiger partial charge in [-0.15, -0.1) is 0 Å². The van der Waals surface area contributed by atoms with Crippen molar-refractivity contribution in [2.45, 2.75) is 27.9 Å². The minimum atomic E-state index is -6.10. The van der Waals surface area contributed by atoms with Crippen LogP contribution in [-0.2, 0) is 9.53 Å². The summed E-state index contributed by atoms with van der Waals surface area (Å²) < 4.78 is 83.8. The fourth-order valence-corrected chi connectivity index (χ4v) is 2.48. The number of carbonyl (C=O) groups excluding carboxylic acids is 2. The zero-order chi connectivity index (χ0) is 21.3. The van der Waals surface area contributed by atoms with E-state index in [0.717, 1.165) is 24.3 Å². The van der Waals surface area contributed by atoms with Crippen molar-refractivity contribution in [2.75, 3.05) is 13.2 Å². The molecule has 0 amide bonds. The Morgan fingerprint density at radius 1 is 1.14 bits per heavy atom. The molecule has 13 heteroatoms. The normalized spacial score (nSPS) is 18.4. The fraction of sp³-hybridized carbons (Fsp3) is 0.467. The minimum absolute atomic E-state index is 0.0108. The highest BCUT2D eigenvalue weighted by Gasteiger charge is 2.71. The van der Waals surface area contributed by atoms with E-state index in [4.69, 9.17) is 9.84 Å². The molecule has 0 spiro atoms. The average Bonchev–Trinajstić information content (AvgIpc) is 3.42. The summed E-state index contributed by atoms with van der Waals surface area (Å²) in [6.45, 7) is -1.70. The number of hydrogen-bond donors (Lipinski definition) is 2. The second-order valence-corrected chi connectivity index (χ2v) is 7.14. The summed E-state index contributed by atoms with van der Waals surface area (Å²) in [5.74, 6) is -2.07. The van der Waals surface area contributed by atoms with Gasteiger partial charge in [0, 0.05) is 12.6 Å². The fourth-order valence-electron chi connectivity index (χ4n) is 1.85. The van der Waals surface area contributed by atoms with Crippen molar-refractivity contribution in [1.29, 1.82) is 0 Å². The largest absolute Gasteiger partial charge is 0.458 e. The van der Waals surface area contributed by atoms with Crippen molar-refractivity contribution in [2.24, 2.45) is 0 Å². The maximum Gasteiger partial charge on any atom is 0.429 e. The molecule has 2 unspecified atom stereocenters. The smallest absolute Gasteiger partial charge is 0.429 e. The highest BCUT2D eigenvalue weighted by Crippen LogP contribution is 2.43. The van der Waals surface area contributed by atoms with Gasteiger partial charge >= 0.3 is 24.3 Å². The van der Waals surface area contributed by atoms with Gasteiger partial charge in [-0.2, -0.15) is 26.3 Å². The number of rotatable bonds is 6. The Labute approximate surface area is 167 Å². The maximum atomic E-state index is 12.5. The maximum absolute atomic E-state index is 12.5. The summed E-state index contributed by atoms with van der Waals surface area (Å²) in [6, 6.07) is 4.21. The van der Waals surface area contributed by atoms with E-state index in [1.54, 1.807) is 0 Å². The second-order valence-electron chi connectivity index (χ2n) is 5.79. The monoisotopic (exact) mass is 527 g/mol. The van der Waals surface area contributed by atoms with E-state index in [9.17, 15) is 35.9 Å². The molecule has 0 bridgehead atoms. The number of benzene rings is 1. The molecule has 6 nitrogen and oxygen atoms in total. The van der Waals surface area contributed by atoms with Crippen LogP contribution < -0.4 is 10.1 Å². The summed E-state index contributed by atoms with van der Waals surface area (Å²) >= 11 is 1.88. The number of halogens is 7. The molecule has 0 aliphatic carbocycles. The predicted octanol–water partition coefficient (Wildman–Crippen LogP) is 2.38. The standard InChI is InChI=1S/C15H12F6INO5/c16-14(17,18)13(26,15(19,20)21)6-27-11(24)7-1-3-8(4-2-7)28-12(25)10(22)9-5-23-9/h1-4,9-10,23,26H,5-6H2. The molecule has 1 aromatic carbocycles. The lowest BCUT2D eigenvalue weighted by Gasteiger charge is -2.31. The van der Waals surface area contributed by atoms with Crippen LogP contribution in [0.3, 0.4) is 0 Å². The number of hydrogen-bond acceptors (Lipinski definition) is 6. The number of aliphatic hydroxyl groups is 1. The molecule has 2 atom stereocenters. The van der Waals surface area contributed by atoms with Crippen LogP contribution in [0.2, 0.25) is 0 Å². The zero-order valence-corrected chi connectivity index (χ0v) is 15.8. The molecular weight excluding hydrogens is 515 g/mol. The first-order chi connectivity index (χ1) is 12.8. The summed E-state index contributed by atoms with van der Waals surface area (Å²) in [7, 11) is 0. The zero-order valence-electron chi connectivity index (χ0n) is 13.6. The van der Waals surface area contributed by atoms with E-state index in [2.05, 4.69) is 10.1 Å². The first-order valence-corrected chi connectivity index (χ1v) is 8.73. The van der Waals surface area contributed by atoms with E-state index in [0.29, 0.717) is 6.54 Å². The molecule has 2 N–H and O–H groups in total. The van der Waals surface area contributed by atoms with Gasteiger partial charge in [-0.3, -0.25) is 4.79 Å². The predicted molar refractivity (Wildman–Crippen MR) is 89.0 cm³/mol. The van der Waals surface area contributed by atoms with Crippen LogP contribution in [0, 0.1) is 0 Å². The molecule has 2 rings (SSSR count). The van der Waals surface area contributed by atoms with Crippen LogP contribution >= 0.6 is 22.6 Å². The van der Waals surface area contributed by atoms with Crippen LogP contribution in [0.5, 0.6) is 5.75 Å². The Kier molecular flexibility index (Phi) is 6.50. The Hall–Kier alpha value is -1.61. The van der Waals surface area contributed by atoms with Gasteiger partial charge in [0.15, 0.2) is 0 Å². The van der Waals surface area contributed by atoms with Gasteiger partial charge in [-0.05, 0) is 24.3 Å². The van der Waals surface area contributed by atoms with Crippen molar-refractivity contribution >= 4 is 34.5 Å². The molecule has 1 aliphatic rings. The van der Waals surface area contributed by atoms with E-state index in [-0.39, 0.29) is 11.8 Å². The Morgan fingerprint density at radius 2 is 1.64 bits per heavy atom. The van der Waals surface area contributed by atoms with E-state index in [1.807, 2.05) is 22.6 Å². The number of ether oxygens (including phenoxy) is 2. The number of nitrogens with one attached hydrogen (secondary N) is 1. The first kappa shape index (κ1) is 22.7. The summed E-state index contributed by atoms with van der Waals surface area (Å²) in [5.41, 5.74) is -5.60. The van der Waals surface area contributed by atoms with Crippen LogP contribution in [0.15, 0.2) is 24.3 Å². The summed E-state index contributed by atoms with van der Waals surface area (Å²) in [5, 5.41) is 11.9. The highest BCUT2D eigenvalue weighted by molar-refractivity contribution is 14.1. The highest BCUT2D eigenvalue weighted by atomic mass is 127. The lowest BCUT2D eigenvalue weighted by molar-refractivity contribution is -0.374. The summed E-state index contributed by atoms with van der Waals surface area (Å²) in [6.07, 6.45) is -12.2. The molecule has 1 aliphatic heterocycles. The van der Waals surface area contributed by atoms with Crippen LogP contribution in [0.25, 0.3) is 0 Å². The van der Waals surface area contributed by atoms with Gasteiger partial charge in [0.05, 0.1) is 5.56 Å². The van der Waals surface area contributed by atoms with Crippen molar-refractivity contribution in [3.63, 3.8) is 0 Å². The van der Waals surface area contributed by atoms with E-state index < -0.39 is 46.0 Å². The third-order valence-corrected chi connectivity index (χ3v) is 5.05. The quantitative estimate of drug-likeness (QED) is 0.148. The Balaban J connectivity index is 1.99. The molecular formula is C15H12F6INO5. The Bertz CT molecular complexity index is 718. The van der Waals surface area contributed by atoms with Gasteiger partial charge in [0.2, 0.25) is 0 Å². The lowest BCUT2D eigenvalue weighted by atomic mass is 10.0. The second kappa shape index (κ2) is 8.02. The molecule has 1 saturated heterocycles.